The average molecular weight is 394 g/mol. The number of nitrogens with one attached hydrogen (secondary N) is 2. The Kier molecular flexibility index (Phi) is 5.60. The number of piperidine rings is 1. The first kappa shape index (κ1) is 19.9. The molecule has 0 spiro atoms. The van der Waals surface area contributed by atoms with Crippen molar-refractivity contribution in [1.29, 1.82) is 0 Å². The fraction of sp³-hybridized carbons (Fsp3) is 0.526. The molecule has 1 aromatic heterocycles. The van der Waals surface area contributed by atoms with Gasteiger partial charge in [-0.15, -0.1) is 0 Å². The minimum absolute atomic E-state index is 0.0991. The molecular formula is C19H26N2O5S. The van der Waals surface area contributed by atoms with E-state index in [1.54, 1.807) is 26.0 Å². The number of ether oxygens (including phenoxy) is 1. The number of aryl methyl sites for hydroxylation is 1. The number of furan rings is 1. The summed E-state index contributed by atoms with van der Waals surface area (Å²) in [6, 6.07) is 4.61. The van der Waals surface area contributed by atoms with Crippen molar-refractivity contribution in [2.24, 2.45) is 5.41 Å². The van der Waals surface area contributed by atoms with Gasteiger partial charge in [-0.3, -0.25) is 0 Å². The van der Waals surface area contributed by atoms with Crippen LogP contribution >= 0.6 is 0 Å². The van der Waals surface area contributed by atoms with Gasteiger partial charge in [0.15, 0.2) is 0 Å². The molecule has 0 bridgehead atoms. The smallest absolute Gasteiger partial charge is 0.374 e. The van der Waals surface area contributed by atoms with Gasteiger partial charge < -0.3 is 14.5 Å². The van der Waals surface area contributed by atoms with Gasteiger partial charge in [-0.1, -0.05) is 6.92 Å². The summed E-state index contributed by atoms with van der Waals surface area (Å²) < 4.78 is 38.8. The average Bonchev–Trinajstić information content (AvgIpc) is 2.98. The first-order valence-corrected chi connectivity index (χ1v) is 10.6. The molecule has 1 fully saturated rings. The van der Waals surface area contributed by atoms with Crippen LogP contribution in [0.5, 0.6) is 0 Å². The Hall–Kier alpha value is -1.90. The van der Waals surface area contributed by atoms with E-state index >= 15 is 0 Å². The Balaban J connectivity index is 1.85. The zero-order chi connectivity index (χ0) is 19.7. The summed E-state index contributed by atoms with van der Waals surface area (Å²) in [5, 5.41) is 3.90. The third kappa shape index (κ3) is 4.17. The van der Waals surface area contributed by atoms with Gasteiger partial charge in [0, 0.05) is 24.0 Å². The highest BCUT2D eigenvalue weighted by Gasteiger charge is 2.29. The Morgan fingerprint density at radius 1 is 1.41 bits per heavy atom. The molecule has 0 amide bonds. The number of esters is 1. The number of benzene rings is 1. The molecule has 1 atom stereocenters. The van der Waals surface area contributed by atoms with Gasteiger partial charge in [0.05, 0.1) is 11.5 Å². The molecule has 0 saturated carbocycles. The minimum atomic E-state index is -3.66. The molecule has 1 aliphatic heterocycles. The highest BCUT2D eigenvalue weighted by atomic mass is 32.2. The van der Waals surface area contributed by atoms with Gasteiger partial charge >= 0.3 is 5.97 Å². The number of sulfonamides is 1. The topological polar surface area (TPSA) is 97.6 Å². The molecule has 1 aliphatic rings. The zero-order valence-corrected chi connectivity index (χ0v) is 16.7. The number of rotatable bonds is 6. The van der Waals surface area contributed by atoms with Gasteiger partial charge in [-0.05, 0) is 56.8 Å². The predicted octanol–water partition coefficient (Wildman–Crippen LogP) is 2.59. The van der Waals surface area contributed by atoms with Crippen molar-refractivity contribution < 1.29 is 22.4 Å². The van der Waals surface area contributed by atoms with E-state index in [4.69, 9.17) is 9.15 Å². The van der Waals surface area contributed by atoms with Crippen LogP contribution in [0.4, 0.5) is 0 Å². The van der Waals surface area contributed by atoms with Gasteiger partial charge in [0.1, 0.15) is 5.58 Å². The number of hydrogen-bond donors (Lipinski definition) is 2. The maximum Gasteiger partial charge on any atom is 0.374 e. The van der Waals surface area contributed by atoms with Crippen molar-refractivity contribution in [1.82, 2.24) is 10.0 Å². The zero-order valence-electron chi connectivity index (χ0n) is 15.9. The highest BCUT2D eigenvalue weighted by Crippen LogP contribution is 2.29. The van der Waals surface area contributed by atoms with E-state index in [0.29, 0.717) is 23.1 Å². The molecule has 0 radical (unpaired) electrons. The summed E-state index contributed by atoms with van der Waals surface area (Å²) >= 11 is 0. The Morgan fingerprint density at radius 2 is 2.19 bits per heavy atom. The van der Waals surface area contributed by atoms with Crippen LogP contribution in [-0.4, -0.2) is 40.6 Å². The lowest BCUT2D eigenvalue weighted by atomic mass is 9.83. The van der Waals surface area contributed by atoms with Gasteiger partial charge in [0.2, 0.25) is 15.8 Å². The van der Waals surface area contributed by atoms with Crippen LogP contribution in [-0.2, 0) is 14.8 Å². The minimum Gasteiger partial charge on any atom is -0.460 e. The van der Waals surface area contributed by atoms with Crippen LogP contribution in [0.25, 0.3) is 11.0 Å². The van der Waals surface area contributed by atoms with Crippen molar-refractivity contribution in [3.63, 3.8) is 0 Å². The Morgan fingerprint density at radius 3 is 2.85 bits per heavy atom. The molecule has 2 heterocycles. The molecule has 7 nitrogen and oxygen atoms in total. The fourth-order valence-corrected chi connectivity index (χ4v) is 4.61. The van der Waals surface area contributed by atoms with Crippen molar-refractivity contribution in [3.8, 4) is 0 Å². The lowest BCUT2D eigenvalue weighted by Crippen LogP contribution is -2.45. The Labute approximate surface area is 159 Å². The molecule has 0 aliphatic carbocycles. The number of fused-ring (bicyclic) bond motifs is 1. The number of carbonyl (C=O) groups excluding carboxylic acids is 1. The van der Waals surface area contributed by atoms with Crippen LogP contribution < -0.4 is 10.0 Å². The SMILES string of the molecule is CCOC(=O)c1oc2ccc(S(=O)(=O)NCC3(C)CCCNC3)cc2c1C. The van der Waals surface area contributed by atoms with Crippen molar-refractivity contribution in [2.75, 3.05) is 26.2 Å². The van der Waals surface area contributed by atoms with E-state index in [0.717, 1.165) is 25.9 Å². The molecular weight excluding hydrogens is 368 g/mol. The van der Waals surface area contributed by atoms with E-state index in [9.17, 15) is 13.2 Å². The van der Waals surface area contributed by atoms with E-state index in [1.165, 1.54) is 6.07 Å². The van der Waals surface area contributed by atoms with Gasteiger partial charge in [0.25, 0.3) is 0 Å². The summed E-state index contributed by atoms with van der Waals surface area (Å²) in [7, 11) is -3.66. The molecule has 1 saturated heterocycles. The lowest BCUT2D eigenvalue weighted by Gasteiger charge is -2.34. The maximum absolute atomic E-state index is 12.8. The summed E-state index contributed by atoms with van der Waals surface area (Å²) in [6.07, 6.45) is 2.01. The van der Waals surface area contributed by atoms with Crippen molar-refractivity contribution in [2.45, 2.75) is 38.5 Å². The largest absolute Gasteiger partial charge is 0.460 e. The molecule has 27 heavy (non-hydrogen) atoms. The standard InChI is InChI=1S/C19H26N2O5S/c1-4-25-18(22)17-13(2)15-10-14(6-7-16(15)26-17)27(23,24)21-12-19(3)8-5-9-20-11-19/h6-7,10,20-21H,4-5,8-9,11-12H2,1-3H3. The quantitative estimate of drug-likeness (QED) is 0.731. The fourth-order valence-electron chi connectivity index (χ4n) is 3.38. The first-order chi connectivity index (χ1) is 12.8. The third-order valence-electron chi connectivity index (χ3n) is 5.05. The lowest BCUT2D eigenvalue weighted by molar-refractivity contribution is 0.0491. The second-order valence-corrected chi connectivity index (χ2v) is 9.12. The predicted molar refractivity (Wildman–Crippen MR) is 102 cm³/mol. The van der Waals surface area contributed by atoms with E-state index < -0.39 is 16.0 Å². The molecule has 1 unspecified atom stereocenters. The monoisotopic (exact) mass is 394 g/mol. The highest BCUT2D eigenvalue weighted by molar-refractivity contribution is 7.89. The van der Waals surface area contributed by atoms with Crippen LogP contribution in [0.15, 0.2) is 27.5 Å². The van der Waals surface area contributed by atoms with Gasteiger partial charge in [-0.25, -0.2) is 17.9 Å². The summed E-state index contributed by atoms with van der Waals surface area (Å²) in [6.45, 7) is 7.90. The van der Waals surface area contributed by atoms with Crippen molar-refractivity contribution >= 4 is 27.0 Å². The van der Waals surface area contributed by atoms with E-state index in [1.807, 2.05) is 0 Å². The molecule has 1 aromatic carbocycles. The molecule has 148 valence electrons. The van der Waals surface area contributed by atoms with E-state index in [2.05, 4.69) is 17.0 Å². The second kappa shape index (κ2) is 7.61. The molecule has 2 N–H and O–H groups in total. The summed E-state index contributed by atoms with van der Waals surface area (Å²) in [4.78, 5) is 12.1. The van der Waals surface area contributed by atoms with Gasteiger partial charge in [-0.2, -0.15) is 0 Å². The summed E-state index contributed by atoms with van der Waals surface area (Å²) in [5.74, 6) is -0.443. The Bertz CT molecular complexity index is 942. The molecule has 3 rings (SSSR count). The van der Waals surface area contributed by atoms with Crippen molar-refractivity contribution in [3.05, 3.63) is 29.5 Å². The molecule has 8 heteroatoms. The first-order valence-electron chi connectivity index (χ1n) is 9.16. The van der Waals surface area contributed by atoms with Crippen LogP contribution in [0.1, 0.15) is 42.8 Å². The van der Waals surface area contributed by atoms with Crippen LogP contribution in [0, 0.1) is 12.3 Å². The number of hydrogen-bond acceptors (Lipinski definition) is 6. The number of carbonyl (C=O) groups is 1. The van der Waals surface area contributed by atoms with Crippen LogP contribution in [0.2, 0.25) is 0 Å². The van der Waals surface area contributed by atoms with E-state index in [-0.39, 0.29) is 22.7 Å². The normalized spacial score (nSPS) is 20.7. The summed E-state index contributed by atoms with van der Waals surface area (Å²) in [5.41, 5.74) is 0.930. The third-order valence-corrected chi connectivity index (χ3v) is 6.45. The molecule has 2 aromatic rings. The second-order valence-electron chi connectivity index (χ2n) is 7.35. The van der Waals surface area contributed by atoms with Crippen LogP contribution in [0.3, 0.4) is 0 Å². The maximum atomic E-state index is 12.8.